The minimum atomic E-state index is 0.173. The quantitative estimate of drug-likeness (QED) is 0.748. The number of amides is 1. The lowest BCUT2D eigenvalue weighted by atomic mass is 10.1. The Kier molecular flexibility index (Phi) is 6.63. The van der Waals surface area contributed by atoms with Crippen LogP contribution in [-0.2, 0) is 6.42 Å². The Morgan fingerprint density at radius 2 is 1.52 bits per heavy atom. The van der Waals surface area contributed by atoms with E-state index in [1.54, 1.807) is 0 Å². The number of hydrogen-bond acceptors (Lipinski definition) is 2. The van der Waals surface area contributed by atoms with Gasteiger partial charge in [-0.15, -0.1) is 0 Å². The van der Waals surface area contributed by atoms with Gasteiger partial charge in [0.05, 0.1) is 0 Å². The van der Waals surface area contributed by atoms with E-state index in [1.165, 1.54) is 18.4 Å². The van der Waals surface area contributed by atoms with Crippen molar-refractivity contribution in [1.29, 1.82) is 0 Å². The molecule has 0 aromatic heterocycles. The van der Waals surface area contributed by atoms with Gasteiger partial charge >= 0.3 is 0 Å². The Balaban J connectivity index is 1.40. The van der Waals surface area contributed by atoms with Crippen molar-refractivity contribution >= 4 is 5.91 Å². The molecule has 1 aliphatic rings. The first-order chi connectivity index (χ1) is 12.3. The van der Waals surface area contributed by atoms with E-state index in [2.05, 4.69) is 35.2 Å². The number of rotatable bonds is 6. The molecule has 132 valence electrons. The van der Waals surface area contributed by atoms with Crippen LogP contribution in [0.4, 0.5) is 0 Å². The molecule has 3 rings (SSSR count). The standard InChI is InChI=1S/C22H28N2O/c25-22(21-13-5-2-6-14-21)24-17-9-16-23(18-19-24)15-8-7-12-20-10-3-1-4-11-20/h1-6,10-11,13-14H,7-9,12,15-19H2. The van der Waals surface area contributed by atoms with Crippen molar-refractivity contribution in [3.63, 3.8) is 0 Å². The van der Waals surface area contributed by atoms with Gasteiger partial charge in [-0.3, -0.25) is 4.79 Å². The molecule has 25 heavy (non-hydrogen) atoms. The smallest absolute Gasteiger partial charge is 0.253 e. The molecule has 1 heterocycles. The molecular formula is C22H28N2O. The highest BCUT2D eigenvalue weighted by molar-refractivity contribution is 5.94. The summed E-state index contributed by atoms with van der Waals surface area (Å²) < 4.78 is 0. The van der Waals surface area contributed by atoms with Crippen LogP contribution in [0.2, 0.25) is 0 Å². The van der Waals surface area contributed by atoms with Gasteiger partial charge in [0.25, 0.3) is 5.91 Å². The second-order valence-corrected chi connectivity index (χ2v) is 6.80. The fraction of sp³-hybridized carbons (Fsp3) is 0.409. The van der Waals surface area contributed by atoms with Crippen LogP contribution in [0.15, 0.2) is 60.7 Å². The van der Waals surface area contributed by atoms with E-state index in [4.69, 9.17) is 0 Å². The largest absolute Gasteiger partial charge is 0.337 e. The molecule has 0 radical (unpaired) electrons. The lowest BCUT2D eigenvalue weighted by molar-refractivity contribution is 0.0761. The van der Waals surface area contributed by atoms with Gasteiger partial charge in [-0.05, 0) is 56.5 Å². The Labute approximate surface area is 151 Å². The number of unbranched alkanes of at least 4 members (excludes halogenated alkanes) is 1. The van der Waals surface area contributed by atoms with Crippen molar-refractivity contribution in [2.24, 2.45) is 0 Å². The highest BCUT2D eigenvalue weighted by Crippen LogP contribution is 2.11. The highest BCUT2D eigenvalue weighted by Gasteiger charge is 2.19. The Morgan fingerprint density at radius 3 is 2.28 bits per heavy atom. The first-order valence-electron chi connectivity index (χ1n) is 9.43. The van der Waals surface area contributed by atoms with Crippen LogP contribution in [0, 0.1) is 0 Å². The predicted octanol–water partition coefficient (Wildman–Crippen LogP) is 3.86. The Bertz CT molecular complexity index is 642. The van der Waals surface area contributed by atoms with Crippen LogP contribution in [0.3, 0.4) is 0 Å². The fourth-order valence-electron chi connectivity index (χ4n) is 3.47. The first kappa shape index (κ1) is 17.7. The maximum Gasteiger partial charge on any atom is 0.253 e. The number of aryl methyl sites for hydroxylation is 1. The first-order valence-corrected chi connectivity index (χ1v) is 9.43. The third-order valence-electron chi connectivity index (χ3n) is 4.93. The van der Waals surface area contributed by atoms with Gasteiger partial charge in [0.1, 0.15) is 0 Å². The summed E-state index contributed by atoms with van der Waals surface area (Å²) >= 11 is 0. The van der Waals surface area contributed by atoms with E-state index in [0.717, 1.165) is 51.1 Å². The van der Waals surface area contributed by atoms with Gasteiger partial charge in [0.15, 0.2) is 0 Å². The SMILES string of the molecule is O=C(c1ccccc1)N1CCCN(CCCCc2ccccc2)CC1. The van der Waals surface area contributed by atoms with Crippen LogP contribution in [-0.4, -0.2) is 48.4 Å². The molecule has 0 aliphatic carbocycles. The topological polar surface area (TPSA) is 23.6 Å². The molecule has 1 saturated heterocycles. The van der Waals surface area contributed by atoms with E-state index in [9.17, 15) is 4.79 Å². The summed E-state index contributed by atoms with van der Waals surface area (Å²) in [6, 6.07) is 20.4. The zero-order valence-electron chi connectivity index (χ0n) is 14.9. The maximum atomic E-state index is 12.6. The summed E-state index contributed by atoms with van der Waals surface area (Å²) in [5.41, 5.74) is 2.23. The molecule has 0 spiro atoms. The molecule has 0 N–H and O–H groups in total. The predicted molar refractivity (Wildman–Crippen MR) is 103 cm³/mol. The van der Waals surface area contributed by atoms with Gasteiger partial charge in [-0.1, -0.05) is 48.5 Å². The molecular weight excluding hydrogens is 308 g/mol. The van der Waals surface area contributed by atoms with Crippen molar-refractivity contribution in [2.45, 2.75) is 25.7 Å². The van der Waals surface area contributed by atoms with Gasteiger partial charge in [0, 0.05) is 25.2 Å². The van der Waals surface area contributed by atoms with Crippen molar-refractivity contribution in [3.8, 4) is 0 Å². The van der Waals surface area contributed by atoms with Crippen LogP contribution < -0.4 is 0 Å². The highest BCUT2D eigenvalue weighted by atomic mass is 16.2. The molecule has 2 aromatic carbocycles. The molecule has 1 fully saturated rings. The summed E-state index contributed by atoms with van der Waals surface area (Å²) in [5, 5.41) is 0. The second-order valence-electron chi connectivity index (χ2n) is 6.80. The molecule has 0 saturated carbocycles. The van der Waals surface area contributed by atoms with Crippen molar-refractivity contribution in [3.05, 3.63) is 71.8 Å². The van der Waals surface area contributed by atoms with E-state index < -0.39 is 0 Å². The van der Waals surface area contributed by atoms with E-state index >= 15 is 0 Å². The maximum absolute atomic E-state index is 12.6. The number of benzene rings is 2. The van der Waals surface area contributed by atoms with Crippen LogP contribution in [0.5, 0.6) is 0 Å². The lowest BCUT2D eigenvalue weighted by Crippen LogP contribution is -2.35. The zero-order valence-corrected chi connectivity index (χ0v) is 14.9. The van der Waals surface area contributed by atoms with Crippen molar-refractivity contribution in [2.75, 3.05) is 32.7 Å². The van der Waals surface area contributed by atoms with E-state index in [0.29, 0.717) is 0 Å². The third-order valence-corrected chi connectivity index (χ3v) is 4.93. The molecule has 0 unspecified atom stereocenters. The average molecular weight is 336 g/mol. The molecule has 0 bridgehead atoms. The summed E-state index contributed by atoms with van der Waals surface area (Å²) in [7, 11) is 0. The molecule has 3 heteroatoms. The van der Waals surface area contributed by atoms with E-state index in [-0.39, 0.29) is 5.91 Å². The molecule has 1 amide bonds. The molecule has 0 atom stereocenters. The van der Waals surface area contributed by atoms with E-state index in [1.807, 2.05) is 35.2 Å². The Hall–Kier alpha value is -2.13. The summed E-state index contributed by atoms with van der Waals surface area (Å²) in [6.45, 7) is 4.94. The second kappa shape index (κ2) is 9.38. The minimum absolute atomic E-state index is 0.173. The fourth-order valence-corrected chi connectivity index (χ4v) is 3.47. The van der Waals surface area contributed by atoms with Crippen molar-refractivity contribution < 1.29 is 4.79 Å². The van der Waals surface area contributed by atoms with Gasteiger partial charge < -0.3 is 9.80 Å². The summed E-state index contributed by atoms with van der Waals surface area (Å²) in [5.74, 6) is 0.173. The monoisotopic (exact) mass is 336 g/mol. The molecule has 1 aliphatic heterocycles. The Morgan fingerprint density at radius 1 is 0.800 bits per heavy atom. The van der Waals surface area contributed by atoms with Gasteiger partial charge in [0.2, 0.25) is 0 Å². The number of carbonyl (C=O) groups is 1. The number of nitrogens with zero attached hydrogens (tertiary/aromatic N) is 2. The number of carbonyl (C=O) groups excluding carboxylic acids is 1. The van der Waals surface area contributed by atoms with Crippen LogP contribution in [0.25, 0.3) is 0 Å². The number of hydrogen-bond donors (Lipinski definition) is 0. The summed E-state index contributed by atoms with van der Waals surface area (Å²) in [4.78, 5) is 17.1. The lowest BCUT2D eigenvalue weighted by Gasteiger charge is -2.22. The third kappa shape index (κ3) is 5.43. The molecule has 2 aromatic rings. The normalized spacial score (nSPS) is 15.8. The van der Waals surface area contributed by atoms with Crippen molar-refractivity contribution in [1.82, 2.24) is 9.80 Å². The zero-order chi connectivity index (χ0) is 17.3. The average Bonchev–Trinajstić information content (AvgIpc) is 2.92. The van der Waals surface area contributed by atoms with Crippen LogP contribution in [0.1, 0.15) is 35.2 Å². The minimum Gasteiger partial charge on any atom is -0.337 e. The molecule has 3 nitrogen and oxygen atoms in total. The summed E-state index contributed by atoms with van der Waals surface area (Å²) in [6.07, 6.45) is 4.68. The van der Waals surface area contributed by atoms with Crippen LogP contribution >= 0.6 is 0 Å². The van der Waals surface area contributed by atoms with Gasteiger partial charge in [-0.2, -0.15) is 0 Å². The van der Waals surface area contributed by atoms with Gasteiger partial charge in [-0.25, -0.2) is 0 Å².